The Morgan fingerprint density at radius 1 is 1.64 bits per heavy atom. The molecule has 0 bridgehead atoms. The number of hydrogen-bond donors (Lipinski definition) is 1. The summed E-state index contributed by atoms with van der Waals surface area (Å²) in [7, 11) is 1.80. The predicted octanol–water partition coefficient (Wildman–Crippen LogP) is 0.787. The Bertz CT molecular complexity index is 157. The van der Waals surface area contributed by atoms with Gasteiger partial charge in [0.05, 0.1) is 6.10 Å². The molecule has 14 heavy (non-hydrogen) atoms. The van der Waals surface area contributed by atoms with Crippen LogP contribution in [0, 0.1) is 0 Å². The van der Waals surface area contributed by atoms with Gasteiger partial charge >= 0.3 is 0 Å². The first-order valence-corrected chi connectivity index (χ1v) is 6.67. The molecule has 2 atom stereocenters. The van der Waals surface area contributed by atoms with Crippen molar-refractivity contribution in [1.29, 1.82) is 0 Å². The van der Waals surface area contributed by atoms with Gasteiger partial charge in [-0.25, -0.2) is 0 Å². The molecule has 4 heteroatoms. The SMILES string of the molecule is COC1CCN(C(CN)CCSC)C1. The molecule has 1 aliphatic heterocycles. The van der Waals surface area contributed by atoms with E-state index in [2.05, 4.69) is 11.2 Å². The molecule has 1 aliphatic rings. The number of likely N-dealkylation sites (tertiary alicyclic amines) is 1. The number of ether oxygens (including phenoxy) is 1. The van der Waals surface area contributed by atoms with E-state index in [0.717, 1.165) is 26.1 Å². The van der Waals surface area contributed by atoms with E-state index in [1.54, 1.807) is 7.11 Å². The van der Waals surface area contributed by atoms with Crippen molar-refractivity contribution >= 4 is 11.8 Å². The molecule has 0 aromatic heterocycles. The Hall–Kier alpha value is 0.230. The van der Waals surface area contributed by atoms with E-state index in [1.807, 2.05) is 11.8 Å². The highest BCUT2D eigenvalue weighted by Gasteiger charge is 2.26. The van der Waals surface area contributed by atoms with Crippen LogP contribution < -0.4 is 5.73 Å². The predicted molar refractivity (Wildman–Crippen MR) is 62.8 cm³/mol. The standard InChI is InChI=1S/C10H22N2OS/c1-13-10-3-5-12(8-10)9(7-11)4-6-14-2/h9-10H,3-8,11H2,1-2H3. The summed E-state index contributed by atoms with van der Waals surface area (Å²) < 4.78 is 5.35. The smallest absolute Gasteiger partial charge is 0.0710 e. The van der Waals surface area contributed by atoms with Gasteiger partial charge in [0, 0.05) is 32.8 Å². The van der Waals surface area contributed by atoms with E-state index in [-0.39, 0.29) is 0 Å². The highest BCUT2D eigenvalue weighted by atomic mass is 32.2. The fraction of sp³-hybridized carbons (Fsp3) is 1.00. The molecular weight excluding hydrogens is 196 g/mol. The Morgan fingerprint density at radius 3 is 2.93 bits per heavy atom. The van der Waals surface area contributed by atoms with Crippen molar-refractivity contribution in [3.63, 3.8) is 0 Å². The number of nitrogens with zero attached hydrogens (tertiary/aromatic N) is 1. The summed E-state index contributed by atoms with van der Waals surface area (Å²) >= 11 is 1.90. The minimum absolute atomic E-state index is 0.429. The van der Waals surface area contributed by atoms with Crippen LogP contribution in [0.15, 0.2) is 0 Å². The van der Waals surface area contributed by atoms with Crippen molar-refractivity contribution < 1.29 is 4.74 Å². The van der Waals surface area contributed by atoms with Gasteiger partial charge < -0.3 is 10.5 Å². The summed E-state index contributed by atoms with van der Waals surface area (Å²) in [5, 5.41) is 0. The molecule has 1 fully saturated rings. The van der Waals surface area contributed by atoms with Gasteiger partial charge in [-0.1, -0.05) is 0 Å². The minimum Gasteiger partial charge on any atom is -0.380 e. The summed E-state index contributed by atoms with van der Waals surface area (Å²) in [6.45, 7) is 2.98. The second-order valence-corrected chi connectivity index (χ2v) is 4.80. The Kier molecular flexibility index (Phi) is 5.86. The van der Waals surface area contributed by atoms with Crippen molar-refractivity contribution in [2.24, 2.45) is 5.73 Å². The molecule has 0 saturated carbocycles. The lowest BCUT2D eigenvalue weighted by Gasteiger charge is -2.26. The zero-order valence-electron chi connectivity index (χ0n) is 9.24. The lowest BCUT2D eigenvalue weighted by molar-refractivity contribution is 0.101. The van der Waals surface area contributed by atoms with Crippen molar-refractivity contribution in [3.8, 4) is 0 Å². The molecule has 0 radical (unpaired) electrons. The fourth-order valence-corrected chi connectivity index (χ4v) is 2.49. The van der Waals surface area contributed by atoms with Crippen molar-refractivity contribution in [1.82, 2.24) is 4.90 Å². The molecule has 0 spiro atoms. The number of nitrogens with two attached hydrogens (primary N) is 1. The number of methoxy groups -OCH3 is 1. The van der Waals surface area contributed by atoms with Gasteiger partial charge in [-0.2, -0.15) is 11.8 Å². The summed E-state index contributed by atoms with van der Waals surface area (Å²) in [6, 6.07) is 0.558. The van der Waals surface area contributed by atoms with Crippen LogP contribution in [0.5, 0.6) is 0 Å². The van der Waals surface area contributed by atoms with Crippen LogP contribution in [0.25, 0.3) is 0 Å². The molecule has 2 unspecified atom stereocenters. The third-order valence-corrected chi connectivity index (χ3v) is 3.60. The number of rotatable bonds is 6. The van der Waals surface area contributed by atoms with Gasteiger partial charge in [-0.05, 0) is 24.9 Å². The second kappa shape index (κ2) is 6.67. The first kappa shape index (κ1) is 12.3. The third-order valence-electron chi connectivity index (χ3n) is 2.95. The summed E-state index contributed by atoms with van der Waals surface area (Å²) in [6.07, 6.45) is 4.94. The molecule has 3 nitrogen and oxygen atoms in total. The normalized spacial score (nSPS) is 25.5. The Labute approximate surface area is 91.4 Å². The number of thioether (sulfide) groups is 1. The molecule has 84 valence electrons. The fourth-order valence-electron chi connectivity index (χ4n) is 1.98. The Morgan fingerprint density at radius 2 is 2.43 bits per heavy atom. The van der Waals surface area contributed by atoms with E-state index >= 15 is 0 Å². The second-order valence-electron chi connectivity index (χ2n) is 3.81. The summed E-state index contributed by atoms with van der Waals surface area (Å²) in [5.74, 6) is 1.20. The number of hydrogen-bond acceptors (Lipinski definition) is 4. The highest BCUT2D eigenvalue weighted by molar-refractivity contribution is 7.98. The Balaban J connectivity index is 2.30. The van der Waals surface area contributed by atoms with E-state index < -0.39 is 0 Å². The van der Waals surface area contributed by atoms with Crippen molar-refractivity contribution in [3.05, 3.63) is 0 Å². The maximum absolute atomic E-state index is 5.79. The molecular formula is C10H22N2OS. The van der Waals surface area contributed by atoms with Crippen LogP contribution in [-0.4, -0.2) is 55.8 Å². The van der Waals surface area contributed by atoms with E-state index in [1.165, 1.54) is 12.2 Å². The zero-order valence-corrected chi connectivity index (χ0v) is 10.1. The summed E-state index contributed by atoms with van der Waals surface area (Å²) in [5.41, 5.74) is 5.79. The molecule has 0 aliphatic carbocycles. The van der Waals surface area contributed by atoms with Gasteiger partial charge in [0.2, 0.25) is 0 Å². The average molecular weight is 218 g/mol. The lowest BCUT2D eigenvalue weighted by atomic mass is 10.2. The molecule has 0 amide bonds. The molecule has 1 rings (SSSR count). The first-order valence-electron chi connectivity index (χ1n) is 5.27. The van der Waals surface area contributed by atoms with Gasteiger partial charge in [-0.15, -0.1) is 0 Å². The van der Waals surface area contributed by atoms with Crippen molar-refractivity contribution in [2.75, 3.05) is 38.8 Å². The zero-order chi connectivity index (χ0) is 10.4. The quantitative estimate of drug-likeness (QED) is 0.715. The molecule has 0 aromatic carbocycles. The molecule has 0 aromatic rings. The van der Waals surface area contributed by atoms with Crippen LogP contribution in [-0.2, 0) is 4.74 Å². The topological polar surface area (TPSA) is 38.5 Å². The minimum atomic E-state index is 0.429. The lowest BCUT2D eigenvalue weighted by Crippen LogP contribution is -2.40. The van der Waals surface area contributed by atoms with E-state index in [0.29, 0.717) is 12.1 Å². The van der Waals surface area contributed by atoms with Crippen molar-refractivity contribution in [2.45, 2.75) is 25.0 Å². The van der Waals surface area contributed by atoms with Crippen LogP contribution in [0.1, 0.15) is 12.8 Å². The van der Waals surface area contributed by atoms with Crippen LogP contribution in [0.4, 0.5) is 0 Å². The molecule has 1 heterocycles. The van der Waals surface area contributed by atoms with Gasteiger partial charge in [0.25, 0.3) is 0 Å². The monoisotopic (exact) mass is 218 g/mol. The molecule has 2 N–H and O–H groups in total. The van der Waals surface area contributed by atoms with Crippen LogP contribution in [0.2, 0.25) is 0 Å². The van der Waals surface area contributed by atoms with E-state index in [4.69, 9.17) is 10.5 Å². The third kappa shape index (κ3) is 3.42. The maximum Gasteiger partial charge on any atom is 0.0710 e. The largest absolute Gasteiger partial charge is 0.380 e. The molecule has 1 saturated heterocycles. The first-order chi connectivity index (χ1) is 6.81. The average Bonchev–Trinajstić information content (AvgIpc) is 2.68. The van der Waals surface area contributed by atoms with Crippen LogP contribution in [0.3, 0.4) is 0 Å². The van der Waals surface area contributed by atoms with Gasteiger partial charge in [0.15, 0.2) is 0 Å². The highest BCUT2D eigenvalue weighted by Crippen LogP contribution is 2.17. The van der Waals surface area contributed by atoms with Crippen LogP contribution >= 0.6 is 11.8 Å². The van der Waals surface area contributed by atoms with Gasteiger partial charge in [-0.3, -0.25) is 4.90 Å². The summed E-state index contributed by atoms with van der Waals surface area (Å²) in [4.78, 5) is 2.48. The van der Waals surface area contributed by atoms with E-state index in [9.17, 15) is 0 Å². The maximum atomic E-state index is 5.79. The van der Waals surface area contributed by atoms with Gasteiger partial charge in [0.1, 0.15) is 0 Å².